The van der Waals surface area contributed by atoms with Crippen LogP contribution in [0.5, 0.6) is 0 Å². The number of esters is 1. The van der Waals surface area contributed by atoms with E-state index >= 15 is 0 Å². The molecule has 0 heterocycles. The molecule has 0 fully saturated rings. The molecule has 0 radical (unpaired) electrons. The minimum atomic E-state index is -2.53. The van der Waals surface area contributed by atoms with Crippen molar-refractivity contribution in [3.05, 3.63) is 0 Å². The molecule has 0 rings (SSSR count). The number of ether oxygens (including phenoxy) is 1. The third kappa shape index (κ3) is 3.78. The lowest BCUT2D eigenvalue weighted by molar-refractivity contribution is -0.143. The smallest absolute Gasteiger partial charge is 0.325 e. The van der Waals surface area contributed by atoms with Crippen molar-refractivity contribution in [2.75, 3.05) is 26.0 Å². The fourth-order valence-corrected chi connectivity index (χ4v) is 2.57. The molecule has 6 heteroatoms. The molecule has 0 aromatic carbocycles. The molecule has 0 amide bonds. The van der Waals surface area contributed by atoms with Crippen LogP contribution >= 0.6 is 7.29 Å². The second kappa shape index (κ2) is 6.17. The van der Waals surface area contributed by atoms with Crippen molar-refractivity contribution in [2.45, 2.75) is 19.9 Å². The van der Waals surface area contributed by atoms with Crippen molar-refractivity contribution in [3.63, 3.8) is 0 Å². The van der Waals surface area contributed by atoms with Crippen molar-refractivity contribution in [1.29, 1.82) is 0 Å². The Hall–Kier alpha value is -0.380. The van der Waals surface area contributed by atoms with Gasteiger partial charge in [-0.25, -0.2) is 0 Å². The molecule has 0 aliphatic rings. The van der Waals surface area contributed by atoms with Crippen LogP contribution in [0.4, 0.5) is 0 Å². The molecule has 0 saturated carbocycles. The van der Waals surface area contributed by atoms with Crippen LogP contribution in [0.25, 0.3) is 0 Å². The van der Waals surface area contributed by atoms with Gasteiger partial charge in [0.05, 0.1) is 13.7 Å². The van der Waals surface area contributed by atoms with Crippen molar-refractivity contribution in [2.24, 2.45) is 0 Å². The second-order valence-corrected chi connectivity index (χ2v) is 6.21. The summed E-state index contributed by atoms with van der Waals surface area (Å²) in [5, 5.41) is 11.6. The summed E-state index contributed by atoms with van der Waals surface area (Å²) in [6, 6.07) is -0.884. The SMILES string of the molecule is CCP(=O)(CC)N[C@@H](CO)C(=O)OC. The van der Waals surface area contributed by atoms with E-state index in [2.05, 4.69) is 9.82 Å². The number of hydrogen-bond donors (Lipinski definition) is 2. The number of hydrogen-bond acceptors (Lipinski definition) is 4. The van der Waals surface area contributed by atoms with Crippen LogP contribution in [-0.2, 0) is 14.1 Å². The Morgan fingerprint density at radius 2 is 2.00 bits per heavy atom. The van der Waals surface area contributed by atoms with E-state index in [-0.39, 0.29) is 0 Å². The van der Waals surface area contributed by atoms with Crippen LogP contribution in [-0.4, -0.2) is 43.2 Å². The zero-order valence-electron chi connectivity index (χ0n) is 8.82. The van der Waals surface area contributed by atoms with Crippen LogP contribution < -0.4 is 5.09 Å². The maximum atomic E-state index is 11.9. The maximum absolute atomic E-state index is 11.9. The third-order valence-electron chi connectivity index (χ3n) is 2.08. The van der Waals surface area contributed by atoms with Gasteiger partial charge < -0.3 is 14.4 Å². The van der Waals surface area contributed by atoms with Crippen LogP contribution in [0.2, 0.25) is 0 Å². The van der Waals surface area contributed by atoms with Crippen molar-refractivity contribution < 1.29 is 19.2 Å². The predicted octanol–water partition coefficient (Wildman–Crippen LogP) is 0.428. The Balaban J connectivity index is 4.44. The summed E-state index contributed by atoms with van der Waals surface area (Å²) in [6.45, 7) is 3.16. The topological polar surface area (TPSA) is 75.6 Å². The Morgan fingerprint density at radius 1 is 1.50 bits per heavy atom. The van der Waals surface area contributed by atoms with E-state index in [1.807, 2.05) is 0 Å². The summed E-state index contributed by atoms with van der Waals surface area (Å²) in [5.41, 5.74) is 0. The van der Waals surface area contributed by atoms with Gasteiger partial charge in [-0.05, 0) is 0 Å². The first-order chi connectivity index (χ1) is 6.52. The Morgan fingerprint density at radius 3 is 2.29 bits per heavy atom. The van der Waals surface area contributed by atoms with Gasteiger partial charge in [0.25, 0.3) is 0 Å². The molecule has 0 spiro atoms. The fourth-order valence-electron chi connectivity index (χ4n) is 1.00. The molecular formula is C8H18NO4P. The molecule has 14 heavy (non-hydrogen) atoms. The minimum absolute atomic E-state index is 0.406. The molecule has 1 atom stereocenters. The highest BCUT2D eigenvalue weighted by atomic mass is 31.2. The lowest BCUT2D eigenvalue weighted by Gasteiger charge is -2.21. The van der Waals surface area contributed by atoms with Crippen LogP contribution in [0.15, 0.2) is 0 Å². The van der Waals surface area contributed by atoms with Crippen LogP contribution in [0.1, 0.15) is 13.8 Å². The molecule has 84 valence electrons. The summed E-state index contributed by atoms with van der Waals surface area (Å²) in [5.74, 6) is -0.588. The zero-order valence-corrected chi connectivity index (χ0v) is 9.71. The molecule has 2 N–H and O–H groups in total. The number of carbonyl (C=O) groups is 1. The van der Waals surface area contributed by atoms with E-state index in [1.54, 1.807) is 13.8 Å². The molecule has 0 saturated heterocycles. The number of nitrogens with one attached hydrogen (secondary N) is 1. The number of rotatable bonds is 6. The molecular weight excluding hydrogens is 205 g/mol. The first-order valence-electron chi connectivity index (χ1n) is 4.57. The van der Waals surface area contributed by atoms with Gasteiger partial charge in [0.1, 0.15) is 13.3 Å². The largest absolute Gasteiger partial charge is 0.468 e. The van der Waals surface area contributed by atoms with Gasteiger partial charge >= 0.3 is 5.97 Å². The number of aliphatic hydroxyl groups is 1. The van der Waals surface area contributed by atoms with Gasteiger partial charge in [-0.3, -0.25) is 9.88 Å². The summed E-state index contributed by atoms with van der Waals surface area (Å²) in [6.07, 6.45) is 0.911. The molecule has 5 nitrogen and oxygen atoms in total. The normalized spacial score (nSPS) is 13.7. The van der Waals surface area contributed by atoms with Gasteiger partial charge in [0.2, 0.25) is 0 Å². The quantitative estimate of drug-likeness (QED) is 0.504. The van der Waals surface area contributed by atoms with Crippen LogP contribution in [0, 0.1) is 0 Å². The van der Waals surface area contributed by atoms with E-state index in [0.29, 0.717) is 12.3 Å². The zero-order chi connectivity index (χ0) is 11.2. The average molecular weight is 223 g/mol. The Labute approximate surface area is 84.3 Å². The average Bonchev–Trinajstić information content (AvgIpc) is 2.24. The summed E-state index contributed by atoms with van der Waals surface area (Å²) in [4.78, 5) is 11.1. The monoisotopic (exact) mass is 223 g/mol. The summed E-state index contributed by atoms with van der Waals surface area (Å²) >= 11 is 0. The summed E-state index contributed by atoms with van der Waals surface area (Å²) < 4.78 is 16.4. The van der Waals surface area contributed by atoms with Gasteiger partial charge in [-0.2, -0.15) is 0 Å². The van der Waals surface area contributed by atoms with Gasteiger partial charge in [0.15, 0.2) is 0 Å². The van der Waals surface area contributed by atoms with Crippen molar-refractivity contribution in [1.82, 2.24) is 5.09 Å². The fraction of sp³-hybridized carbons (Fsp3) is 0.875. The van der Waals surface area contributed by atoms with Gasteiger partial charge in [0, 0.05) is 12.3 Å². The number of methoxy groups -OCH3 is 1. The highest BCUT2D eigenvalue weighted by molar-refractivity contribution is 7.61. The molecule has 0 aliphatic carbocycles. The second-order valence-electron chi connectivity index (χ2n) is 2.91. The lowest BCUT2D eigenvalue weighted by Crippen LogP contribution is -2.39. The van der Waals surface area contributed by atoms with E-state index in [0.717, 1.165) is 0 Å². The van der Waals surface area contributed by atoms with Gasteiger partial charge in [-0.1, -0.05) is 13.8 Å². The Bertz CT molecular complexity index is 223. The van der Waals surface area contributed by atoms with E-state index in [9.17, 15) is 9.36 Å². The summed E-state index contributed by atoms with van der Waals surface area (Å²) in [7, 11) is -1.30. The van der Waals surface area contributed by atoms with Crippen LogP contribution in [0.3, 0.4) is 0 Å². The van der Waals surface area contributed by atoms with E-state index < -0.39 is 25.9 Å². The van der Waals surface area contributed by atoms with E-state index in [1.165, 1.54) is 7.11 Å². The molecule has 0 unspecified atom stereocenters. The predicted molar refractivity (Wildman–Crippen MR) is 54.7 cm³/mol. The molecule has 0 bridgehead atoms. The van der Waals surface area contributed by atoms with Gasteiger partial charge in [-0.15, -0.1) is 0 Å². The van der Waals surface area contributed by atoms with Crippen molar-refractivity contribution in [3.8, 4) is 0 Å². The lowest BCUT2D eigenvalue weighted by atomic mass is 10.3. The number of carbonyl (C=O) groups excluding carboxylic acids is 1. The van der Waals surface area contributed by atoms with E-state index in [4.69, 9.17) is 5.11 Å². The first kappa shape index (κ1) is 13.6. The highest BCUT2D eigenvalue weighted by Gasteiger charge is 2.26. The first-order valence-corrected chi connectivity index (χ1v) is 6.65. The highest BCUT2D eigenvalue weighted by Crippen LogP contribution is 2.40. The standard InChI is InChI=1S/C8H18NO4P/c1-4-14(12,5-2)9-7(6-10)8(11)13-3/h7,10H,4-6H2,1-3H3,(H,9,12)/t7-/m0/s1. The Kier molecular flexibility index (Phi) is 6.00. The minimum Gasteiger partial charge on any atom is -0.468 e. The number of aliphatic hydroxyl groups excluding tert-OH is 1. The molecule has 0 aliphatic heterocycles. The third-order valence-corrected chi connectivity index (χ3v) is 4.91. The molecule has 0 aromatic heterocycles. The van der Waals surface area contributed by atoms with Crippen molar-refractivity contribution >= 4 is 13.3 Å². The molecule has 0 aromatic rings. The maximum Gasteiger partial charge on any atom is 0.325 e.